The van der Waals surface area contributed by atoms with Crippen LogP contribution in [0.4, 0.5) is 13.2 Å². The third kappa shape index (κ3) is 2.95. The highest BCUT2D eigenvalue weighted by Crippen LogP contribution is 2.29. The van der Waals surface area contributed by atoms with E-state index in [9.17, 15) is 13.2 Å². The highest BCUT2D eigenvalue weighted by atomic mass is 19.4. The molecule has 0 fully saturated rings. The van der Waals surface area contributed by atoms with Gasteiger partial charge in [-0.2, -0.15) is 18.2 Å². The maximum Gasteiger partial charge on any atom is 0.471 e. The normalized spacial score (nSPS) is 11.4. The van der Waals surface area contributed by atoms with Crippen LogP contribution in [-0.2, 0) is 10.9 Å². The first-order chi connectivity index (χ1) is 9.41. The van der Waals surface area contributed by atoms with Crippen molar-refractivity contribution < 1.29 is 22.4 Å². The van der Waals surface area contributed by atoms with Crippen molar-refractivity contribution in [1.82, 2.24) is 15.1 Å². The molecule has 0 spiro atoms. The monoisotopic (exact) mass is 285 g/mol. The first-order valence-electron chi connectivity index (χ1n) is 5.61. The first kappa shape index (κ1) is 14.0. The molecule has 20 heavy (non-hydrogen) atoms. The average molecular weight is 285 g/mol. The molecule has 0 saturated carbocycles. The number of hydrogen-bond donors (Lipinski definition) is 0. The van der Waals surface area contributed by atoms with E-state index in [1.54, 1.807) is 13.0 Å². The van der Waals surface area contributed by atoms with Crippen molar-refractivity contribution in [3.05, 3.63) is 36.5 Å². The van der Waals surface area contributed by atoms with E-state index in [0.29, 0.717) is 23.6 Å². The molecule has 2 aromatic rings. The summed E-state index contributed by atoms with van der Waals surface area (Å²) < 4.78 is 46.3. The lowest BCUT2D eigenvalue weighted by Gasteiger charge is -2.05. The highest BCUT2D eigenvalue weighted by molar-refractivity contribution is 5.58. The number of aromatic nitrogens is 3. The van der Waals surface area contributed by atoms with Gasteiger partial charge in [-0.15, -0.1) is 0 Å². The van der Waals surface area contributed by atoms with Crippen molar-refractivity contribution >= 4 is 5.76 Å². The Morgan fingerprint density at radius 1 is 1.40 bits per heavy atom. The second-order valence-electron chi connectivity index (χ2n) is 3.71. The number of alkyl halides is 3. The zero-order valence-electron chi connectivity index (χ0n) is 10.4. The maximum absolute atomic E-state index is 12.3. The molecule has 106 valence electrons. The van der Waals surface area contributed by atoms with Crippen LogP contribution in [0.15, 0.2) is 29.4 Å². The fourth-order valence-corrected chi connectivity index (χ4v) is 1.40. The molecule has 0 aliphatic rings. The van der Waals surface area contributed by atoms with E-state index in [1.165, 1.54) is 12.3 Å². The topological polar surface area (TPSA) is 61.0 Å². The molecule has 0 amide bonds. The van der Waals surface area contributed by atoms with Crippen molar-refractivity contribution in [1.29, 1.82) is 0 Å². The van der Waals surface area contributed by atoms with Crippen LogP contribution in [-0.4, -0.2) is 21.7 Å². The molecule has 0 unspecified atom stereocenters. The Balaban J connectivity index is 2.22. The Labute approximate surface area is 112 Å². The molecule has 0 atom stereocenters. The summed E-state index contributed by atoms with van der Waals surface area (Å²) in [6, 6.07) is 3.06. The summed E-state index contributed by atoms with van der Waals surface area (Å²) in [5.74, 6) is -1.20. The zero-order chi connectivity index (χ0) is 14.8. The van der Waals surface area contributed by atoms with Gasteiger partial charge in [-0.3, -0.25) is 4.98 Å². The predicted octanol–water partition coefficient (Wildman–Crippen LogP) is 3.16. The van der Waals surface area contributed by atoms with Gasteiger partial charge in [-0.1, -0.05) is 11.7 Å². The summed E-state index contributed by atoms with van der Waals surface area (Å²) in [5, 5.41) is 3.26. The summed E-state index contributed by atoms with van der Waals surface area (Å²) in [6.45, 7) is 5.92. The Hall–Kier alpha value is -2.38. The molecule has 8 heteroatoms. The van der Waals surface area contributed by atoms with E-state index < -0.39 is 12.1 Å². The van der Waals surface area contributed by atoms with Gasteiger partial charge >= 0.3 is 12.1 Å². The number of nitrogens with zero attached hydrogens (tertiary/aromatic N) is 3. The Kier molecular flexibility index (Phi) is 3.73. The van der Waals surface area contributed by atoms with Gasteiger partial charge in [0.1, 0.15) is 11.5 Å². The Bertz CT molecular complexity index is 605. The summed E-state index contributed by atoms with van der Waals surface area (Å²) in [7, 11) is 0. The minimum atomic E-state index is -4.66. The van der Waals surface area contributed by atoms with Gasteiger partial charge in [0, 0.05) is 11.8 Å². The van der Waals surface area contributed by atoms with Gasteiger partial charge in [-0.05, 0) is 19.1 Å². The van der Waals surface area contributed by atoms with Crippen LogP contribution >= 0.6 is 0 Å². The predicted molar refractivity (Wildman–Crippen MR) is 63.2 cm³/mol. The second-order valence-corrected chi connectivity index (χ2v) is 3.71. The molecule has 5 nitrogen and oxygen atoms in total. The molecule has 0 aliphatic heterocycles. The number of pyridine rings is 1. The van der Waals surface area contributed by atoms with Crippen molar-refractivity contribution in [2.24, 2.45) is 0 Å². The molecule has 2 aromatic heterocycles. The molecule has 0 bridgehead atoms. The van der Waals surface area contributed by atoms with Gasteiger partial charge < -0.3 is 9.26 Å². The molecule has 2 heterocycles. The van der Waals surface area contributed by atoms with Gasteiger partial charge in [0.15, 0.2) is 0 Å². The zero-order valence-corrected chi connectivity index (χ0v) is 10.4. The van der Waals surface area contributed by atoms with E-state index in [4.69, 9.17) is 4.74 Å². The van der Waals surface area contributed by atoms with Gasteiger partial charge in [0.05, 0.1) is 6.61 Å². The largest absolute Gasteiger partial charge is 0.492 e. The number of rotatable bonds is 4. The first-order valence-corrected chi connectivity index (χ1v) is 5.61. The van der Waals surface area contributed by atoms with Gasteiger partial charge in [0.2, 0.25) is 5.82 Å². The Morgan fingerprint density at radius 2 is 2.15 bits per heavy atom. The number of hydrogen-bond acceptors (Lipinski definition) is 5. The van der Waals surface area contributed by atoms with Crippen LogP contribution in [0.1, 0.15) is 18.5 Å². The Morgan fingerprint density at radius 3 is 2.65 bits per heavy atom. The van der Waals surface area contributed by atoms with Crippen LogP contribution in [0.5, 0.6) is 0 Å². The molecular weight excluding hydrogens is 275 g/mol. The molecule has 0 radical (unpaired) electrons. The molecule has 0 aliphatic carbocycles. The number of halogens is 3. The van der Waals surface area contributed by atoms with Gasteiger partial charge in [-0.25, -0.2) is 0 Å². The van der Waals surface area contributed by atoms with Crippen LogP contribution < -0.4 is 0 Å². The van der Waals surface area contributed by atoms with E-state index in [0.717, 1.165) is 0 Å². The SMILES string of the molecule is C=C(OCC)c1ccc(-c2noc(C(F)(F)F)n2)cn1. The summed E-state index contributed by atoms with van der Waals surface area (Å²) in [6.07, 6.45) is -3.34. The lowest BCUT2D eigenvalue weighted by atomic mass is 10.2. The standard InChI is InChI=1S/C12H10F3N3O2/c1-3-19-7(2)9-5-4-8(6-16-9)10-17-11(20-18-10)12(13,14)15/h4-6H,2-3H2,1H3. The maximum atomic E-state index is 12.3. The molecule has 0 saturated heterocycles. The minimum absolute atomic E-state index is 0.182. The lowest BCUT2D eigenvalue weighted by Crippen LogP contribution is -2.04. The smallest absolute Gasteiger partial charge is 0.471 e. The molecule has 2 rings (SSSR count). The fraction of sp³-hybridized carbons (Fsp3) is 0.250. The van der Waals surface area contributed by atoms with Crippen LogP contribution in [0.3, 0.4) is 0 Å². The van der Waals surface area contributed by atoms with Crippen molar-refractivity contribution in [3.63, 3.8) is 0 Å². The number of ether oxygens (including phenoxy) is 1. The highest BCUT2D eigenvalue weighted by Gasteiger charge is 2.38. The van der Waals surface area contributed by atoms with Crippen LogP contribution in [0.25, 0.3) is 17.1 Å². The van der Waals surface area contributed by atoms with Crippen LogP contribution in [0, 0.1) is 0 Å². The van der Waals surface area contributed by atoms with Crippen molar-refractivity contribution in [3.8, 4) is 11.4 Å². The fourth-order valence-electron chi connectivity index (χ4n) is 1.40. The molecule has 0 aromatic carbocycles. The minimum Gasteiger partial charge on any atom is -0.492 e. The third-order valence-corrected chi connectivity index (χ3v) is 2.29. The van der Waals surface area contributed by atoms with Crippen LogP contribution in [0.2, 0.25) is 0 Å². The molecular formula is C12H10F3N3O2. The van der Waals surface area contributed by atoms with Crippen molar-refractivity contribution in [2.75, 3.05) is 6.61 Å². The van der Waals surface area contributed by atoms with E-state index in [2.05, 4.69) is 26.2 Å². The summed E-state index contributed by atoms with van der Waals surface area (Å²) in [4.78, 5) is 7.28. The van der Waals surface area contributed by atoms with Crippen molar-refractivity contribution in [2.45, 2.75) is 13.1 Å². The average Bonchev–Trinajstić information content (AvgIpc) is 2.89. The molecule has 0 N–H and O–H groups in total. The quantitative estimate of drug-likeness (QED) is 0.807. The lowest BCUT2D eigenvalue weighted by molar-refractivity contribution is -0.159. The van der Waals surface area contributed by atoms with Gasteiger partial charge in [0.25, 0.3) is 0 Å². The summed E-state index contributed by atoms with van der Waals surface area (Å²) in [5.41, 5.74) is 0.785. The van der Waals surface area contributed by atoms with E-state index in [-0.39, 0.29) is 5.82 Å². The van der Waals surface area contributed by atoms with E-state index in [1.807, 2.05) is 0 Å². The van der Waals surface area contributed by atoms with E-state index >= 15 is 0 Å². The third-order valence-electron chi connectivity index (χ3n) is 2.29. The second kappa shape index (κ2) is 5.32. The summed E-state index contributed by atoms with van der Waals surface area (Å²) >= 11 is 0.